The molecule has 0 saturated carbocycles. The van der Waals surface area contributed by atoms with Crippen molar-refractivity contribution in [1.29, 1.82) is 0 Å². The number of rotatable bonds is 5. The average molecular weight is 385 g/mol. The number of hydrogen-bond donors (Lipinski definition) is 1. The molecule has 2 aromatic carbocycles. The summed E-state index contributed by atoms with van der Waals surface area (Å²) in [5.41, 5.74) is 2.34. The summed E-state index contributed by atoms with van der Waals surface area (Å²) in [6.45, 7) is 1.39. The topological polar surface area (TPSA) is 21.3 Å². The van der Waals surface area contributed by atoms with Gasteiger partial charge in [-0.3, -0.25) is 0 Å². The van der Waals surface area contributed by atoms with Crippen LogP contribution in [0.25, 0.3) is 0 Å². The van der Waals surface area contributed by atoms with Gasteiger partial charge in [0.2, 0.25) is 0 Å². The van der Waals surface area contributed by atoms with Gasteiger partial charge in [0.15, 0.2) is 0 Å². The first-order valence-corrected chi connectivity index (χ1v) is 7.58. The first-order chi connectivity index (χ1) is 9.19. The minimum Gasteiger partial charge on any atom is -0.489 e. The zero-order valence-electron chi connectivity index (χ0n) is 10.6. The van der Waals surface area contributed by atoms with Gasteiger partial charge in [0.1, 0.15) is 12.4 Å². The van der Waals surface area contributed by atoms with Crippen molar-refractivity contribution in [3.8, 4) is 5.75 Å². The molecule has 2 nitrogen and oxygen atoms in total. The number of ether oxygens (including phenoxy) is 1. The lowest BCUT2D eigenvalue weighted by atomic mass is 10.2. The molecule has 19 heavy (non-hydrogen) atoms. The minimum atomic E-state index is 0.577. The van der Waals surface area contributed by atoms with Crippen LogP contribution in [-0.4, -0.2) is 7.05 Å². The molecular weight excluding hydrogens is 370 g/mol. The molecule has 0 radical (unpaired) electrons. The highest BCUT2D eigenvalue weighted by atomic mass is 79.9. The molecular formula is C15H15Br2NO. The molecule has 0 spiro atoms. The standard InChI is InChI=1S/C15H15Br2NO/c1-18-9-12-8-14(6-7-15(12)17)19-10-11-2-4-13(16)5-3-11/h2-8,18H,9-10H2,1H3. The second kappa shape index (κ2) is 7.08. The third-order valence-corrected chi connectivity index (χ3v) is 4.01. The summed E-state index contributed by atoms with van der Waals surface area (Å²) in [6.07, 6.45) is 0. The lowest BCUT2D eigenvalue weighted by molar-refractivity contribution is 0.306. The zero-order chi connectivity index (χ0) is 13.7. The number of halogens is 2. The van der Waals surface area contributed by atoms with E-state index in [0.29, 0.717) is 6.61 Å². The fourth-order valence-electron chi connectivity index (χ4n) is 1.71. The Morgan fingerprint density at radius 3 is 2.47 bits per heavy atom. The first-order valence-electron chi connectivity index (χ1n) is 5.99. The summed E-state index contributed by atoms with van der Waals surface area (Å²) in [5.74, 6) is 0.886. The summed E-state index contributed by atoms with van der Waals surface area (Å²) >= 11 is 6.96. The van der Waals surface area contributed by atoms with E-state index in [1.807, 2.05) is 31.3 Å². The lowest BCUT2D eigenvalue weighted by Crippen LogP contribution is -2.06. The molecule has 100 valence electrons. The Kier molecular flexibility index (Phi) is 5.43. The Bertz CT molecular complexity index is 540. The molecule has 0 bridgehead atoms. The highest BCUT2D eigenvalue weighted by molar-refractivity contribution is 9.10. The fraction of sp³-hybridized carbons (Fsp3) is 0.200. The molecule has 0 unspecified atom stereocenters. The van der Waals surface area contributed by atoms with Crippen molar-refractivity contribution in [3.63, 3.8) is 0 Å². The van der Waals surface area contributed by atoms with E-state index in [9.17, 15) is 0 Å². The van der Waals surface area contributed by atoms with E-state index in [4.69, 9.17) is 4.74 Å². The van der Waals surface area contributed by atoms with Gasteiger partial charge >= 0.3 is 0 Å². The van der Waals surface area contributed by atoms with Crippen LogP contribution in [0.15, 0.2) is 51.4 Å². The average Bonchev–Trinajstić information content (AvgIpc) is 2.42. The second-order valence-electron chi connectivity index (χ2n) is 4.20. The third-order valence-electron chi connectivity index (χ3n) is 2.70. The number of hydrogen-bond acceptors (Lipinski definition) is 2. The van der Waals surface area contributed by atoms with Gasteiger partial charge in [0, 0.05) is 15.5 Å². The van der Waals surface area contributed by atoms with Crippen molar-refractivity contribution < 1.29 is 4.74 Å². The Morgan fingerprint density at radius 1 is 1.05 bits per heavy atom. The van der Waals surface area contributed by atoms with E-state index < -0.39 is 0 Å². The first kappa shape index (κ1) is 14.6. The van der Waals surface area contributed by atoms with Crippen LogP contribution >= 0.6 is 31.9 Å². The molecule has 0 aliphatic carbocycles. The monoisotopic (exact) mass is 383 g/mol. The molecule has 0 atom stereocenters. The van der Waals surface area contributed by atoms with Crippen LogP contribution in [0.4, 0.5) is 0 Å². The van der Waals surface area contributed by atoms with Gasteiger partial charge in [-0.2, -0.15) is 0 Å². The van der Waals surface area contributed by atoms with Crippen molar-refractivity contribution in [2.75, 3.05) is 7.05 Å². The van der Waals surface area contributed by atoms with Gasteiger partial charge in [0.25, 0.3) is 0 Å². The predicted molar refractivity (Wildman–Crippen MR) is 85.4 cm³/mol. The van der Waals surface area contributed by atoms with Crippen molar-refractivity contribution in [1.82, 2.24) is 5.32 Å². The summed E-state index contributed by atoms with van der Waals surface area (Å²) in [5, 5.41) is 3.14. The van der Waals surface area contributed by atoms with E-state index in [1.54, 1.807) is 0 Å². The third kappa shape index (κ3) is 4.34. The maximum atomic E-state index is 5.81. The van der Waals surface area contributed by atoms with Crippen molar-refractivity contribution in [2.24, 2.45) is 0 Å². The molecule has 0 aliphatic rings. The van der Waals surface area contributed by atoms with Crippen LogP contribution in [0.3, 0.4) is 0 Å². The highest BCUT2D eigenvalue weighted by Gasteiger charge is 2.02. The van der Waals surface area contributed by atoms with E-state index >= 15 is 0 Å². The molecule has 0 aliphatic heterocycles. The maximum Gasteiger partial charge on any atom is 0.120 e. The largest absolute Gasteiger partial charge is 0.489 e. The highest BCUT2D eigenvalue weighted by Crippen LogP contribution is 2.23. The maximum absolute atomic E-state index is 5.81. The summed E-state index contributed by atoms with van der Waals surface area (Å²) < 4.78 is 7.99. The van der Waals surface area contributed by atoms with E-state index in [2.05, 4.69) is 55.4 Å². The van der Waals surface area contributed by atoms with Crippen LogP contribution in [-0.2, 0) is 13.2 Å². The molecule has 4 heteroatoms. The Labute approximate surface area is 130 Å². The van der Waals surface area contributed by atoms with Crippen LogP contribution in [0.2, 0.25) is 0 Å². The van der Waals surface area contributed by atoms with E-state index in [0.717, 1.165) is 26.8 Å². The van der Waals surface area contributed by atoms with Gasteiger partial charge < -0.3 is 10.1 Å². The van der Waals surface area contributed by atoms with E-state index in [-0.39, 0.29) is 0 Å². The molecule has 0 saturated heterocycles. The van der Waals surface area contributed by atoms with Gasteiger partial charge in [-0.15, -0.1) is 0 Å². The Morgan fingerprint density at radius 2 is 1.79 bits per heavy atom. The molecule has 2 rings (SSSR count). The number of nitrogens with one attached hydrogen (secondary N) is 1. The molecule has 0 heterocycles. The van der Waals surface area contributed by atoms with E-state index in [1.165, 1.54) is 5.56 Å². The van der Waals surface area contributed by atoms with Gasteiger partial charge in [-0.25, -0.2) is 0 Å². The second-order valence-corrected chi connectivity index (χ2v) is 5.97. The van der Waals surface area contributed by atoms with Crippen LogP contribution in [0.5, 0.6) is 5.75 Å². The normalized spacial score (nSPS) is 10.5. The lowest BCUT2D eigenvalue weighted by Gasteiger charge is -2.10. The van der Waals surface area contributed by atoms with Crippen LogP contribution < -0.4 is 10.1 Å². The summed E-state index contributed by atoms with van der Waals surface area (Å²) in [4.78, 5) is 0. The Hall–Kier alpha value is -0.840. The van der Waals surface area contributed by atoms with Crippen molar-refractivity contribution in [2.45, 2.75) is 13.2 Å². The number of benzene rings is 2. The van der Waals surface area contributed by atoms with Crippen LogP contribution in [0, 0.1) is 0 Å². The molecule has 0 amide bonds. The van der Waals surface area contributed by atoms with Gasteiger partial charge in [0.05, 0.1) is 0 Å². The van der Waals surface area contributed by atoms with Crippen molar-refractivity contribution >= 4 is 31.9 Å². The summed E-state index contributed by atoms with van der Waals surface area (Å²) in [6, 6.07) is 14.2. The molecule has 0 aromatic heterocycles. The quantitative estimate of drug-likeness (QED) is 0.818. The Balaban J connectivity index is 2.03. The van der Waals surface area contributed by atoms with Crippen LogP contribution in [0.1, 0.15) is 11.1 Å². The van der Waals surface area contributed by atoms with Gasteiger partial charge in [-0.1, -0.05) is 44.0 Å². The summed E-state index contributed by atoms with van der Waals surface area (Å²) in [7, 11) is 1.93. The predicted octanol–water partition coefficient (Wildman–Crippen LogP) is 4.51. The smallest absolute Gasteiger partial charge is 0.120 e. The molecule has 2 aromatic rings. The SMILES string of the molecule is CNCc1cc(OCc2ccc(Br)cc2)ccc1Br. The zero-order valence-corrected chi connectivity index (χ0v) is 13.8. The van der Waals surface area contributed by atoms with Gasteiger partial charge in [-0.05, 0) is 48.5 Å². The molecule has 1 N–H and O–H groups in total. The minimum absolute atomic E-state index is 0.577. The molecule has 0 fully saturated rings. The fourth-order valence-corrected chi connectivity index (χ4v) is 2.37. The van der Waals surface area contributed by atoms with Crippen molar-refractivity contribution in [3.05, 3.63) is 62.5 Å².